The number of halogens is 1. The topological polar surface area (TPSA) is 80.3 Å². The van der Waals surface area contributed by atoms with E-state index in [4.69, 9.17) is 0 Å². The number of aliphatic carboxylic acids is 2. The second-order valence-electron chi connectivity index (χ2n) is 1.00. The predicted molar refractivity (Wildman–Crippen MR) is 33.6 cm³/mol. The molecule has 0 amide bonds. The maximum atomic E-state index is 9.60. The van der Waals surface area contributed by atoms with Crippen molar-refractivity contribution >= 4 is 57.6 Å². The van der Waals surface area contributed by atoms with Gasteiger partial charge in [-0.25, -0.2) is 0 Å². The van der Waals surface area contributed by atoms with Gasteiger partial charge in [0.2, 0.25) is 0 Å². The molecule has 0 N–H and O–H groups in total. The van der Waals surface area contributed by atoms with Crippen LogP contribution in [0.25, 0.3) is 0 Å². The quantitative estimate of drug-likeness (QED) is 0.226. The maximum absolute atomic E-state index is 9.60. The molecule has 0 aliphatic carbocycles. The van der Waals surface area contributed by atoms with E-state index in [1.165, 1.54) is 22.6 Å². The molecule has 4 nitrogen and oxygen atoms in total. The Bertz CT molecular complexity index is 111. The molecule has 0 aromatic heterocycles. The molecule has 0 aliphatic heterocycles. The molecule has 0 saturated heterocycles. The molecule has 0 atom stereocenters. The van der Waals surface area contributed by atoms with Crippen LogP contribution in [0.1, 0.15) is 0 Å². The number of carboxylic acids is 2. The van der Waals surface area contributed by atoms with Crippen molar-refractivity contribution in [2.45, 2.75) is 3.92 Å². The molecule has 0 unspecified atom stereocenters. The fraction of sp³-hybridized carbons (Fsp3) is 0.333. The van der Waals surface area contributed by atoms with Crippen molar-refractivity contribution in [1.82, 2.24) is 0 Å². The molecule has 9 heavy (non-hydrogen) atoms. The minimum absolute atomic E-state index is 0. The van der Waals surface area contributed by atoms with Crippen LogP contribution in [0.2, 0.25) is 0 Å². The minimum atomic E-state index is -1.63. The summed E-state index contributed by atoms with van der Waals surface area (Å²) < 4.78 is -1.55. The smallest absolute Gasteiger partial charge is 0.549 e. The summed E-state index contributed by atoms with van der Waals surface area (Å²) in [4.78, 5) is 19.2. The van der Waals surface area contributed by atoms with E-state index in [0.29, 0.717) is 0 Å². The van der Waals surface area contributed by atoms with Crippen molar-refractivity contribution in [2.75, 3.05) is 0 Å². The molecule has 0 saturated carbocycles. The summed E-state index contributed by atoms with van der Waals surface area (Å²) in [6.07, 6.45) is 0. The average Bonchev–Trinajstić information content (AvgIpc) is 1.64. The number of carboxylic acid groups (broad SMARTS) is 2. The molecule has 0 aromatic carbocycles. The summed E-state index contributed by atoms with van der Waals surface area (Å²) in [6.45, 7) is 0. The first kappa shape index (κ1) is 12.1. The Labute approximate surface area is 80.9 Å². The summed E-state index contributed by atoms with van der Waals surface area (Å²) in [5.41, 5.74) is 0. The van der Waals surface area contributed by atoms with Crippen molar-refractivity contribution in [3.63, 3.8) is 0 Å². The molecule has 46 valence electrons. The van der Waals surface area contributed by atoms with E-state index in [1.807, 2.05) is 0 Å². The largest absolute Gasteiger partial charge is 2.00 e. The van der Waals surface area contributed by atoms with Gasteiger partial charge in [-0.05, 0) is 0 Å². The summed E-state index contributed by atoms with van der Waals surface area (Å²) in [5.74, 6) is -3.27. The van der Waals surface area contributed by atoms with Crippen molar-refractivity contribution in [2.24, 2.45) is 0 Å². The number of hydrogen-bond donors (Lipinski definition) is 0. The summed E-state index contributed by atoms with van der Waals surface area (Å²) in [6, 6.07) is 0. The molecule has 6 heteroatoms. The SMILES string of the molecule is O=C([O-])C(I)C(=O)[O-].[Mg+2]. The van der Waals surface area contributed by atoms with Gasteiger partial charge in [0.05, 0.1) is 15.9 Å². The van der Waals surface area contributed by atoms with Gasteiger partial charge in [0.15, 0.2) is 0 Å². The maximum Gasteiger partial charge on any atom is 2.00 e. The van der Waals surface area contributed by atoms with Gasteiger partial charge in [0.25, 0.3) is 0 Å². The van der Waals surface area contributed by atoms with Crippen molar-refractivity contribution in [3.05, 3.63) is 0 Å². The standard InChI is InChI=1S/C3H3IO4.Mg/c4-1(2(5)6)3(7)8;/h1H,(H,5,6)(H,7,8);/q;+2/p-2. The van der Waals surface area contributed by atoms with Crippen LogP contribution >= 0.6 is 22.6 Å². The van der Waals surface area contributed by atoms with Gasteiger partial charge in [-0.1, -0.05) is 22.6 Å². The van der Waals surface area contributed by atoms with E-state index < -0.39 is 15.9 Å². The van der Waals surface area contributed by atoms with Gasteiger partial charge in [-0.2, -0.15) is 0 Å². The first-order valence-corrected chi connectivity index (χ1v) is 2.86. The number of rotatable bonds is 2. The van der Waals surface area contributed by atoms with Crippen LogP contribution in [-0.4, -0.2) is 38.9 Å². The zero-order chi connectivity index (χ0) is 6.73. The number of carbonyl (C=O) groups excluding carboxylic acids is 2. The Hall–Kier alpha value is 0.436. The average molecular weight is 252 g/mol. The van der Waals surface area contributed by atoms with Crippen LogP contribution in [0.5, 0.6) is 0 Å². The molecule has 0 aromatic rings. The third kappa shape index (κ3) is 4.91. The minimum Gasteiger partial charge on any atom is -0.549 e. The van der Waals surface area contributed by atoms with Gasteiger partial charge in [0.1, 0.15) is 0 Å². The van der Waals surface area contributed by atoms with Gasteiger partial charge < -0.3 is 19.8 Å². The molecular formula is C3HIMgO4. The summed E-state index contributed by atoms with van der Waals surface area (Å²) >= 11 is 1.20. The van der Waals surface area contributed by atoms with E-state index in [2.05, 4.69) is 0 Å². The van der Waals surface area contributed by atoms with Crippen LogP contribution in [0, 0.1) is 0 Å². The van der Waals surface area contributed by atoms with E-state index in [1.54, 1.807) is 0 Å². The van der Waals surface area contributed by atoms with Crippen LogP contribution in [-0.2, 0) is 9.59 Å². The van der Waals surface area contributed by atoms with Crippen LogP contribution in [0.4, 0.5) is 0 Å². The molecule has 0 aliphatic rings. The molecule has 0 heterocycles. The third-order valence-electron chi connectivity index (χ3n) is 0.414. The zero-order valence-electron chi connectivity index (χ0n) is 4.30. The van der Waals surface area contributed by atoms with Gasteiger partial charge in [0, 0.05) is 0 Å². The Morgan fingerprint density at radius 1 is 1.22 bits per heavy atom. The summed E-state index contributed by atoms with van der Waals surface area (Å²) in [7, 11) is 0. The summed E-state index contributed by atoms with van der Waals surface area (Å²) in [5, 5.41) is 19.2. The van der Waals surface area contributed by atoms with Crippen LogP contribution < -0.4 is 10.2 Å². The fourth-order valence-corrected chi connectivity index (χ4v) is 0.0962. The van der Waals surface area contributed by atoms with Gasteiger partial charge in [-0.3, -0.25) is 0 Å². The number of hydrogen-bond acceptors (Lipinski definition) is 4. The van der Waals surface area contributed by atoms with Crippen LogP contribution in [0.3, 0.4) is 0 Å². The number of carbonyl (C=O) groups is 2. The number of alkyl halides is 1. The fourth-order valence-electron chi connectivity index (χ4n) is 0.0962. The zero-order valence-corrected chi connectivity index (χ0v) is 7.87. The first-order valence-electron chi connectivity index (χ1n) is 1.61. The van der Waals surface area contributed by atoms with Crippen molar-refractivity contribution in [3.8, 4) is 0 Å². The third-order valence-corrected chi connectivity index (χ3v) is 1.43. The monoisotopic (exact) mass is 252 g/mol. The van der Waals surface area contributed by atoms with E-state index in [9.17, 15) is 19.8 Å². The molecule has 0 spiro atoms. The molecule has 0 bridgehead atoms. The molecular weight excluding hydrogens is 251 g/mol. The van der Waals surface area contributed by atoms with Crippen molar-refractivity contribution < 1.29 is 19.8 Å². The molecule has 0 fully saturated rings. The Balaban J connectivity index is 0. The predicted octanol–water partition coefficient (Wildman–Crippen LogP) is -3.09. The molecule has 0 rings (SSSR count). The van der Waals surface area contributed by atoms with Crippen LogP contribution in [0.15, 0.2) is 0 Å². The Morgan fingerprint density at radius 2 is 1.44 bits per heavy atom. The second kappa shape index (κ2) is 5.24. The van der Waals surface area contributed by atoms with Gasteiger partial charge in [-0.15, -0.1) is 0 Å². The normalized spacial score (nSPS) is 8.22. The van der Waals surface area contributed by atoms with E-state index >= 15 is 0 Å². The Morgan fingerprint density at radius 3 is 1.44 bits per heavy atom. The van der Waals surface area contributed by atoms with Crippen molar-refractivity contribution in [1.29, 1.82) is 0 Å². The van der Waals surface area contributed by atoms with E-state index in [0.717, 1.165) is 0 Å². The van der Waals surface area contributed by atoms with E-state index in [-0.39, 0.29) is 23.1 Å². The Kier molecular flexibility index (Phi) is 7.07. The molecule has 0 radical (unpaired) electrons. The second-order valence-corrected chi connectivity index (χ2v) is 2.25. The first-order chi connectivity index (χ1) is 3.55. The van der Waals surface area contributed by atoms with Gasteiger partial charge >= 0.3 is 23.1 Å².